The van der Waals surface area contributed by atoms with Crippen molar-refractivity contribution in [2.45, 2.75) is 23.9 Å². The summed E-state index contributed by atoms with van der Waals surface area (Å²) >= 11 is 7.51. The third kappa shape index (κ3) is 5.93. The number of aryl methyl sites for hydroxylation is 1. The molecule has 0 aliphatic carbocycles. The standard InChI is InChI=1S/C25H23ClN4O4S/c1-17-27-28-25(30(17)20-9-4-3-5-10-20)35-24(15-29(31)32)18-12-13-22(23(14-18)33-2)34-16-19-8-6-7-11-21(19)26/h3-14,24H,15-16H2,1-2H3/t24-/m0/s1. The van der Waals surface area contributed by atoms with Crippen molar-refractivity contribution in [1.29, 1.82) is 0 Å². The predicted molar refractivity (Wildman–Crippen MR) is 135 cm³/mol. The average molecular weight is 511 g/mol. The summed E-state index contributed by atoms with van der Waals surface area (Å²) in [5, 5.41) is 20.7. The minimum Gasteiger partial charge on any atom is -0.493 e. The molecule has 0 unspecified atom stereocenters. The maximum Gasteiger partial charge on any atom is 0.220 e. The van der Waals surface area contributed by atoms with Crippen LogP contribution in [-0.2, 0) is 6.61 Å². The topological polar surface area (TPSA) is 92.3 Å². The van der Waals surface area contributed by atoms with Crippen LogP contribution in [0, 0.1) is 17.0 Å². The zero-order chi connectivity index (χ0) is 24.8. The number of nitro groups is 1. The average Bonchev–Trinajstić information content (AvgIpc) is 3.23. The first-order valence-corrected chi connectivity index (χ1v) is 12.0. The summed E-state index contributed by atoms with van der Waals surface area (Å²) in [7, 11) is 1.53. The van der Waals surface area contributed by atoms with Gasteiger partial charge in [-0.25, -0.2) is 0 Å². The first-order valence-electron chi connectivity index (χ1n) is 10.8. The molecule has 35 heavy (non-hydrogen) atoms. The molecular weight excluding hydrogens is 488 g/mol. The van der Waals surface area contributed by atoms with Crippen LogP contribution in [0.3, 0.4) is 0 Å². The lowest BCUT2D eigenvalue weighted by atomic mass is 10.1. The van der Waals surface area contributed by atoms with Gasteiger partial charge in [0.1, 0.15) is 17.7 Å². The van der Waals surface area contributed by atoms with Gasteiger partial charge in [-0.1, -0.05) is 65.8 Å². The Morgan fingerprint density at radius 2 is 1.80 bits per heavy atom. The highest BCUT2D eigenvalue weighted by Gasteiger charge is 2.25. The number of rotatable bonds is 10. The van der Waals surface area contributed by atoms with Crippen molar-refractivity contribution in [3.05, 3.63) is 105 Å². The van der Waals surface area contributed by atoms with E-state index in [0.717, 1.165) is 11.3 Å². The molecule has 1 atom stereocenters. The van der Waals surface area contributed by atoms with Gasteiger partial charge in [0.2, 0.25) is 6.54 Å². The fourth-order valence-corrected chi connectivity index (χ4v) is 4.90. The number of benzene rings is 3. The number of aromatic nitrogens is 3. The Labute approximate surface area is 212 Å². The lowest BCUT2D eigenvalue weighted by Gasteiger charge is -2.17. The maximum atomic E-state index is 11.5. The molecule has 0 fully saturated rings. The second-order valence-electron chi connectivity index (χ2n) is 7.61. The number of methoxy groups -OCH3 is 1. The predicted octanol–water partition coefficient (Wildman–Crippen LogP) is 5.93. The first-order chi connectivity index (χ1) is 17.0. The van der Waals surface area contributed by atoms with Gasteiger partial charge in [-0.3, -0.25) is 14.7 Å². The first kappa shape index (κ1) is 24.6. The molecule has 0 bridgehead atoms. The normalized spacial score (nSPS) is 11.7. The smallest absolute Gasteiger partial charge is 0.220 e. The summed E-state index contributed by atoms with van der Waals surface area (Å²) in [6, 6.07) is 22.4. The van der Waals surface area contributed by atoms with Crippen LogP contribution in [0.1, 0.15) is 22.2 Å². The van der Waals surface area contributed by atoms with E-state index in [2.05, 4.69) is 10.2 Å². The van der Waals surface area contributed by atoms with E-state index in [0.29, 0.717) is 33.1 Å². The van der Waals surface area contributed by atoms with Gasteiger partial charge in [-0.05, 0) is 42.8 Å². The molecule has 0 spiro atoms. The van der Waals surface area contributed by atoms with Crippen LogP contribution in [0.25, 0.3) is 5.69 Å². The molecule has 8 nitrogen and oxygen atoms in total. The molecule has 0 saturated carbocycles. The van der Waals surface area contributed by atoms with Crippen LogP contribution in [0.15, 0.2) is 78.0 Å². The van der Waals surface area contributed by atoms with Gasteiger partial charge in [0.15, 0.2) is 16.7 Å². The summed E-state index contributed by atoms with van der Waals surface area (Å²) in [6.07, 6.45) is 0. The summed E-state index contributed by atoms with van der Waals surface area (Å²) in [6.45, 7) is 1.82. The van der Waals surface area contributed by atoms with Gasteiger partial charge in [0, 0.05) is 21.2 Å². The Balaban J connectivity index is 1.61. The lowest BCUT2D eigenvalue weighted by molar-refractivity contribution is -0.479. The van der Waals surface area contributed by atoms with E-state index in [1.54, 1.807) is 18.2 Å². The Morgan fingerprint density at radius 1 is 1.06 bits per heavy atom. The van der Waals surface area contributed by atoms with Crippen molar-refractivity contribution in [2.75, 3.05) is 13.7 Å². The maximum absolute atomic E-state index is 11.5. The molecule has 10 heteroatoms. The minimum atomic E-state index is -0.525. The van der Waals surface area contributed by atoms with Crippen molar-refractivity contribution in [1.82, 2.24) is 14.8 Å². The van der Waals surface area contributed by atoms with E-state index in [1.165, 1.54) is 18.9 Å². The highest BCUT2D eigenvalue weighted by molar-refractivity contribution is 7.99. The van der Waals surface area contributed by atoms with E-state index in [9.17, 15) is 10.1 Å². The molecule has 1 aromatic heterocycles. The molecule has 0 aliphatic rings. The highest BCUT2D eigenvalue weighted by Crippen LogP contribution is 2.39. The minimum absolute atomic E-state index is 0.266. The summed E-state index contributed by atoms with van der Waals surface area (Å²) in [4.78, 5) is 11.2. The molecule has 4 aromatic rings. The van der Waals surface area contributed by atoms with Crippen molar-refractivity contribution in [3.63, 3.8) is 0 Å². The Morgan fingerprint density at radius 3 is 2.51 bits per heavy atom. The molecule has 4 rings (SSSR count). The van der Waals surface area contributed by atoms with E-state index < -0.39 is 5.25 Å². The number of thioether (sulfide) groups is 1. The van der Waals surface area contributed by atoms with Gasteiger partial charge in [0.05, 0.1) is 7.11 Å². The Bertz CT molecular complexity index is 1320. The SMILES string of the molecule is COc1cc([C@H](C[N+](=O)[O-])Sc2nnc(C)n2-c2ccccc2)ccc1OCc1ccccc1Cl. The third-order valence-electron chi connectivity index (χ3n) is 5.27. The van der Waals surface area contributed by atoms with E-state index in [1.807, 2.05) is 66.1 Å². The second-order valence-corrected chi connectivity index (χ2v) is 9.19. The van der Waals surface area contributed by atoms with E-state index in [-0.39, 0.29) is 18.1 Å². The van der Waals surface area contributed by atoms with Crippen LogP contribution in [0.2, 0.25) is 5.02 Å². The Kier molecular flexibility index (Phi) is 7.89. The molecule has 3 aromatic carbocycles. The van der Waals surface area contributed by atoms with E-state index in [4.69, 9.17) is 21.1 Å². The molecule has 180 valence electrons. The number of para-hydroxylation sites is 1. The summed E-state index contributed by atoms with van der Waals surface area (Å²) in [5.41, 5.74) is 2.45. The van der Waals surface area contributed by atoms with Crippen molar-refractivity contribution in [3.8, 4) is 17.2 Å². The van der Waals surface area contributed by atoms with Crippen molar-refractivity contribution >= 4 is 23.4 Å². The van der Waals surface area contributed by atoms with Crippen molar-refractivity contribution in [2.24, 2.45) is 0 Å². The van der Waals surface area contributed by atoms with Crippen LogP contribution in [0.5, 0.6) is 11.5 Å². The zero-order valence-corrected chi connectivity index (χ0v) is 20.7. The monoisotopic (exact) mass is 510 g/mol. The van der Waals surface area contributed by atoms with Gasteiger partial charge in [-0.15, -0.1) is 10.2 Å². The molecule has 0 aliphatic heterocycles. The van der Waals surface area contributed by atoms with Gasteiger partial charge >= 0.3 is 0 Å². The second kappa shape index (κ2) is 11.2. The number of ether oxygens (including phenoxy) is 2. The van der Waals surface area contributed by atoms with Crippen LogP contribution < -0.4 is 9.47 Å². The number of nitrogens with zero attached hydrogens (tertiary/aromatic N) is 4. The molecule has 1 heterocycles. The quantitative estimate of drug-likeness (QED) is 0.148. The van der Waals surface area contributed by atoms with E-state index >= 15 is 0 Å². The molecule has 0 amide bonds. The van der Waals surface area contributed by atoms with Crippen LogP contribution in [0.4, 0.5) is 0 Å². The lowest BCUT2D eigenvalue weighted by Crippen LogP contribution is -2.11. The third-order valence-corrected chi connectivity index (χ3v) is 6.82. The number of hydrogen-bond donors (Lipinski definition) is 0. The largest absolute Gasteiger partial charge is 0.493 e. The molecule has 0 N–H and O–H groups in total. The number of hydrogen-bond acceptors (Lipinski definition) is 7. The number of halogens is 1. The van der Waals surface area contributed by atoms with Crippen LogP contribution >= 0.6 is 23.4 Å². The van der Waals surface area contributed by atoms with Crippen molar-refractivity contribution < 1.29 is 14.4 Å². The van der Waals surface area contributed by atoms with Gasteiger partial charge in [0.25, 0.3) is 0 Å². The Hall–Kier alpha value is -3.56. The fourth-order valence-electron chi connectivity index (χ4n) is 3.54. The summed E-state index contributed by atoms with van der Waals surface area (Å²) in [5.74, 6) is 1.69. The van der Waals surface area contributed by atoms with Gasteiger partial charge < -0.3 is 9.47 Å². The van der Waals surface area contributed by atoms with Gasteiger partial charge in [-0.2, -0.15) is 0 Å². The molecular formula is C25H23ClN4O4S. The summed E-state index contributed by atoms with van der Waals surface area (Å²) < 4.78 is 13.4. The van der Waals surface area contributed by atoms with Crippen LogP contribution in [-0.4, -0.2) is 33.3 Å². The zero-order valence-electron chi connectivity index (χ0n) is 19.1. The molecule has 0 saturated heterocycles. The fraction of sp³-hybridized carbons (Fsp3) is 0.200. The molecule has 0 radical (unpaired) electrons. The highest BCUT2D eigenvalue weighted by atomic mass is 35.5.